The van der Waals surface area contributed by atoms with E-state index in [1.54, 1.807) is 11.7 Å². The van der Waals surface area contributed by atoms with Crippen molar-refractivity contribution < 1.29 is 19.1 Å². The Morgan fingerprint density at radius 2 is 1.81 bits per heavy atom. The molecule has 0 spiro atoms. The fourth-order valence-corrected chi connectivity index (χ4v) is 2.80. The van der Waals surface area contributed by atoms with Crippen molar-refractivity contribution in [1.82, 2.24) is 25.4 Å². The van der Waals surface area contributed by atoms with Crippen molar-refractivity contribution >= 4 is 23.6 Å². The molecule has 2 amide bonds. The van der Waals surface area contributed by atoms with E-state index in [2.05, 4.69) is 20.8 Å². The van der Waals surface area contributed by atoms with Gasteiger partial charge >= 0.3 is 0 Å². The molecule has 0 aliphatic heterocycles. The van der Waals surface area contributed by atoms with Crippen molar-refractivity contribution in [3.63, 3.8) is 0 Å². The van der Waals surface area contributed by atoms with E-state index in [0.29, 0.717) is 23.3 Å². The molecule has 27 heavy (non-hydrogen) atoms. The molecule has 2 rings (SSSR count). The number of hydrogen-bond acceptors (Lipinski definition) is 7. The third kappa shape index (κ3) is 6.48. The summed E-state index contributed by atoms with van der Waals surface area (Å²) >= 11 is 1.24. The summed E-state index contributed by atoms with van der Waals surface area (Å²) in [5.74, 6) is 1.77. The zero-order valence-corrected chi connectivity index (χ0v) is 16.3. The van der Waals surface area contributed by atoms with E-state index in [1.165, 1.54) is 11.8 Å². The van der Waals surface area contributed by atoms with Crippen molar-refractivity contribution in [2.24, 2.45) is 7.05 Å². The number of benzene rings is 1. The lowest BCUT2D eigenvalue weighted by atomic mass is 10.3. The number of ether oxygens (including phenoxy) is 2. The number of rotatable bonds is 10. The second kappa shape index (κ2) is 10.4. The number of thioether (sulfide) groups is 1. The van der Waals surface area contributed by atoms with E-state index < -0.39 is 0 Å². The van der Waals surface area contributed by atoms with Gasteiger partial charge in [0.1, 0.15) is 18.1 Å². The molecule has 0 bridgehead atoms. The number of aromatic nitrogens is 3. The number of nitrogens with zero attached hydrogens (tertiary/aromatic N) is 3. The molecule has 1 aromatic carbocycles. The third-order valence-electron chi connectivity index (χ3n) is 3.50. The van der Waals surface area contributed by atoms with Crippen LogP contribution in [0.5, 0.6) is 11.5 Å². The zero-order valence-electron chi connectivity index (χ0n) is 15.5. The number of likely N-dealkylation sites (N-methyl/N-ethyl adjacent to an activating group) is 1. The summed E-state index contributed by atoms with van der Waals surface area (Å²) in [5.41, 5.74) is 0. The van der Waals surface area contributed by atoms with Crippen LogP contribution in [0.25, 0.3) is 0 Å². The summed E-state index contributed by atoms with van der Waals surface area (Å²) in [7, 11) is 3.41. The molecular weight excluding hydrogens is 370 g/mol. The van der Waals surface area contributed by atoms with Crippen LogP contribution < -0.4 is 20.1 Å². The van der Waals surface area contributed by atoms with Crippen LogP contribution in [0.15, 0.2) is 29.4 Å². The molecule has 0 aliphatic rings. The van der Waals surface area contributed by atoms with Gasteiger partial charge in [0.05, 0.1) is 19.4 Å². The molecule has 0 unspecified atom stereocenters. The van der Waals surface area contributed by atoms with Gasteiger partial charge in [-0.25, -0.2) is 0 Å². The number of methoxy groups -OCH3 is 1. The highest BCUT2D eigenvalue weighted by atomic mass is 32.2. The van der Waals surface area contributed by atoms with Crippen molar-refractivity contribution in [1.29, 1.82) is 0 Å². The van der Waals surface area contributed by atoms with Crippen LogP contribution in [0.2, 0.25) is 0 Å². The van der Waals surface area contributed by atoms with Gasteiger partial charge in [-0.1, -0.05) is 11.8 Å². The summed E-state index contributed by atoms with van der Waals surface area (Å²) in [6.07, 6.45) is 0. The first kappa shape index (κ1) is 20.6. The highest BCUT2D eigenvalue weighted by Gasteiger charge is 2.12. The van der Waals surface area contributed by atoms with Crippen LogP contribution in [0.1, 0.15) is 12.7 Å². The fraction of sp³-hybridized carbons (Fsp3) is 0.412. The number of carbonyl (C=O) groups excluding carboxylic acids is 2. The Morgan fingerprint density at radius 3 is 2.48 bits per heavy atom. The molecule has 0 saturated carbocycles. The van der Waals surface area contributed by atoms with Gasteiger partial charge in [-0.3, -0.25) is 9.59 Å². The second-order valence-corrected chi connectivity index (χ2v) is 6.38. The maximum Gasteiger partial charge on any atom is 0.239 e. The van der Waals surface area contributed by atoms with Crippen LogP contribution in [0, 0.1) is 0 Å². The van der Waals surface area contributed by atoms with Crippen LogP contribution in [-0.2, 0) is 23.2 Å². The SMILES string of the molecule is CCNC(=O)CNC(=O)CSc1nnc(COc2ccc(OC)cc2)n1C. The first-order valence-corrected chi connectivity index (χ1v) is 9.33. The largest absolute Gasteiger partial charge is 0.497 e. The minimum Gasteiger partial charge on any atom is -0.497 e. The standard InChI is InChI=1S/C17H23N5O4S/c1-4-18-15(23)9-19-16(24)11-27-17-21-20-14(22(17)2)10-26-13-7-5-12(25-3)6-8-13/h5-8H,4,9-11H2,1-3H3,(H,18,23)(H,19,24). The van der Waals surface area contributed by atoms with Crippen LogP contribution >= 0.6 is 11.8 Å². The fourth-order valence-electron chi connectivity index (χ4n) is 2.04. The normalized spacial score (nSPS) is 10.3. The number of amides is 2. The quantitative estimate of drug-likeness (QED) is 0.574. The summed E-state index contributed by atoms with van der Waals surface area (Å²) < 4.78 is 12.6. The second-order valence-electron chi connectivity index (χ2n) is 5.44. The molecule has 0 aliphatic carbocycles. The number of carbonyl (C=O) groups is 2. The predicted molar refractivity (Wildman–Crippen MR) is 101 cm³/mol. The van der Waals surface area contributed by atoms with Crippen molar-refractivity contribution in [2.75, 3.05) is 26.0 Å². The smallest absolute Gasteiger partial charge is 0.239 e. The van der Waals surface area contributed by atoms with E-state index in [-0.39, 0.29) is 30.7 Å². The molecule has 10 heteroatoms. The number of nitrogens with one attached hydrogen (secondary N) is 2. The molecule has 146 valence electrons. The molecule has 2 aromatic rings. The Bertz CT molecular complexity index is 763. The Balaban J connectivity index is 1.80. The average Bonchev–Trinajstić information content (AvgIpc) is 3.03. The molecule has 1 heterocycles. The topological polar surface area (TPSA) is 107 Å². The van der Waals surface area contributed by atoms with E-state index >= 15 is 0 Å². The van der Waals surface area contributed by atoms with Gasteiger partial charge in [0, 0.05) is 13.6 Å². The molecule has 0 atom stereocenters. The van der Waals surface area contributed by atoms with Crippen molar-refractivity contribution in [3.05, 3.63) is 30.1 Å². The van der Waals surface area contributed by atoms with E-state index in [1.807, 2.05) is 38.2 Å². The molecule has 9 nitrogen and oxygen atoms in total. The van der Waals surface area contributed by atoms with Gasteiger partial charge < -0.3 is 24.7 Å². The summed E-state index contributed by atoms with van der Waals surface area (Å²) in [6, 6.07) is 7.24. The van der Waals surface area contributed by atoms with Crippen molar-refractivity contribution in [2.45, 2.75) is 18.7 Å². The minimum atomic E-state index is -0.245. The van der Waals surface area contributed by atoms with Gasteiger partial charge in [-0.15, -0.1) is 10.2 Å². The van der Waals surface area contributed by atoms with E-state index in [9.17, 15) is 9.59 Å². The van der Waals surface area contributed by atoms with Crippen LogP contribution in [0.3, 0.4) is 0 Å². The summed E-state index contributed by atoms with van der Waals surface area (Å²) in [6.45, 7) is 2.57. The predicted octanol–water partition coefficient (Wildman–Crippen LogP) is 0.747. The highest BCUT2D eigenvalue weighted by Crippen LogP contribution is 2.19. The first-order chi connectivity index (χ1) is 13.0. The van der Waals surface area contributed by atoms with E-state index in [0.717, 1.165) is 5.75 Å². The van der Waals surface area contributed by atoms with Crippen LogP contribution in [-0.4, -0.2) is 52.5 Å². The average molecular weight is 393 g/mol. The van der Waals surface area contributed by atoms with Gasteiger partial charge in [0.2, 0.25) is 11.8 Å². The Kier molecular flexibility index (Phi) is 7.93. The minimum absolute atomic E-state index is 0.0347. The lowest BCUT2D eigenvalue weighted by molar-refractivity contribution is -0.124. The lowest BCUT2D eigenvalue weighted by Gasteiger charge is -2.07. The Hall–Kier alpha value is -2.75. The molecule has 0 fully saturated rings. The summed E-state index contributed by atoms with van der Waals surface area (Å²) in [4.78, 5) is 23.1. The molecule has 2 N–H and O–H groups in total. The van der Waals surface area contributed by atoms with Gasteiger partial charge in [-0.2, -0.15) is 0 Å². The van der Waals surface area contributed by atoms with Gasteiger partial charge in [-0.05, 0) is 31.2 Å². The van der Waals surface area contributed by atoms with Crippen LogP contribution in [0.4, 0.5) is 0 Å². The third-order valence-corrected chi connectivity index (χ3v) is 4.53. The Labute approximate surface area is 161 Å². The molecule has 0 radical (unpaired) electrons. The first-order valence-electron chi connectivity index (χ1n) is 8.34. The van der Waals surface area contributed by atoms with Gasteiger partial charge in [0.15, 0.2) is 11.0 Å². The number of hydrogen-bond donors (Lipinski definition) is 2. The molecule has 0 saturated heterocycles. The molecular formula is C17H23N5O4S. The monoisotopic (exact) mass is 393 g/mol. The van der Waals surface area contributed by atoms with Crippen molar-refractivity contribution in [3.8, 4) is 11.5 Å². The summed E-state index contributed by atoms with van der Waals surface area (Å²) in [5, 5.41) is 13.9. The lowest BCUT2D eigenvalue weighted by Crippen LogP contribution is -2.37. The molecule has 1 aromatic heterocycles. The zero-order chi connectivity index (χ0) is 19.6. The maximum atomic E-state index is 11.8. The van der Waals surface area contributed by atoms with E-state index in [4.69, 9.17) is 9.47 Å². The Morgan fingerprint density at radius 1 is 1.11 bits per heavy atom. The maximum absolute atomic E-state index is 11.8. The highest BCUT2D eigenvalue weighted by molar-refractivity contribution is 7.99. The van der Waals surface area contributed by atoms with Gasteiger partial charge in [0.25, 0.3) is 0 Å².